The van der Waals surface area contributed by atoms with Gasteiger partial charge in [0.25, 0.3) is 0 Å². The van der Waals surface area contributed by atoms with Gasteiger partial charge in [-0.15, -0.1) is 11.8 Å². The van der Waals surface area contributed by atoms with Crippen LogP contribution in [0.25, 0.3) is 0 Å². The second-order valence-corrected chi connectivity index (χ2v) is 8.87. The van der Waals surface area contributed by atoms with E-state index in [1.165, 1.54) is 18.9 Å². The molecule has 1 aliphatic rings. The maximum atomic E-state index is 12.2. The van der Waals surface area contributed by atoms with Crippen LogP contribution in [0, 0.1) is 0 Å². The van der Waals surface area contributed by atoms with Crippen LogP contribution in [0.1, 0.15) is 45.4 Å². The fourth-order valence-corrected chi connectivity index (χ4v) is 4.03. The van der Waals surface area contributed by atoms with Crippen molar-refractivity contribution in [3.05, 3.63) is 0 Å². The topological polar surface area (TPSA) is 175 Å². The number of primary amides is 1. The lowest BCUT2D eigenvalue weighted by atomic mass is 10.2. The summed E-state index contributed by atoms with van der Waals surface area (Å²) < 4.78 is 15.6. The Morgan fingerprint density at radius 1 is 1.26 bits per heavy atom. The Labute approximate surface area is 203 Å². The Bertz CT molecular complexity index is 703. The molecule has 12 nitrogen and oxygen atoms in total. The highest BCUT2D eigenvalue weighted by atomic mass is 32.2. The highest BCUT2D eigenvalue weighted by Gasteiger charge is 2.38. The van der Waals surface area contributed by atoms with Gasteiger partial charge in [0.1, 0.15) is 6.61 Å². The number of hydrogen-bond donors (Lipinski definition) is 3. The van der Waals surface area contributed by atoms with Crippen LogP contribution in [0.3, 0.4) is 0 Å². The van der Waals surface area contributed by atoms with Crippen LogP contribution in [-0.4, -0.2) is 96.4 Å². The highest BCUT2D eigenvalue weighted by molar-refractivity contribution is 8.00. The van der Waals surface area contributed by atoms with Crippen molar-refractivity contribution in [2.24, 2.45) is 5.73 Å². The van der Waals surface area contributed by atoms with E-state index < -0.39 is 29.5 Å². The summed E-state index contributed by atoms with van der Waals surface area (Å²) in [6.45, 7) is 1.87. The van der Waals surface area contributed by atoms with Crippen molar-refractivity contribution in [1.29, 1.82) is 0 Å². The molecule has 34 heavy (non-hydrogen) atoms. The van der Waals surface area contributed by atoms with E-state index in [-0.39, 0.29) is 63.2 Å². The second-order valence-electron chi connectivity index (χ2n) is 7.56. The largest absolute Gasteiger partial charge is 0.460 e. The molecule has 0 saturated carbocycles. The number of rotatable bonds is 18. The monoisotopic (exact) mass is 505 g/mol. The normalized spacial score (nSPS) is 17.5. The summed E-state index contributed by atoms with van der Waals surface area (Å²) in [7, 11) is 1.41. The van der Waals surface area contributed by atoms with Gasteiger partial charge in [0.05, 0.1) is 18.0 Å². The van der Waals surface area contributed by atoms with Crippen molar-refractivity contribution >= 4 is 41.4 Å². The van der Waals surface area contributed by atoms with E-state index in [4.69, 9.17) is 25.1 Å². The second kappa shape index (κ2) is 16.4. The molecule has 0 radical (unpaired) electrons. The minimum absolute atomic E-state index is 0.00962. The molecule has 0 aromatic rings. The predicted molar refractivity (Wildman–Crippen MR) is 122 cm³/mol. The van der Waals surface area contributed by atoms with E-state index in [2.05, 4.69) is 5.32 Å². The first kappa shape index (κ1) is 29.8. The molecule has 3 unspecified atom stereocenters. The number of aliphatic hydroxyl groups excluding tert-OH is 1. The standard InChI is InChI=1S/C21H35N3O9S/c1-3-14(12-25)33-20(31-2)13-32-19(29)6-4-5-17(27)23-8-10-34-15-11-18(28)24(21(15)30)9-7-16(22)26/h14-15,20,25H,3-13H2,1-2H3,(H2,22,26)(H,23,27). The fraction of sp³-hybridized carbons (Fsp3) is 0.762. The number of methoxy groups -OCH3 is 1. The number of ether oxygens (including phenoxy) is 3. The van der Waals surface area contributed by atoms with Gasteiger partial charge in [0.15, 0.2) is 6.29 Å². The third-order valence-electron chi connectivity index (χ3n) is 4.96. The van der Waals surface area contributed by atoms with Gasteiger partial charge >= 0.3 is 5.97 Å². The first-order valence-corrected chi connectivity index (χ1v) is 12.2. The molecule has 0 aromatic carbocycles. The van der Waals surface area contributed by atoms with Crippen LogP contribution in [-0.2, 0) is 38.2 Å². The number of hydrogen-bond acceptors (Lipinski definition) is 10. The number of carbonyl (C=O) groups excluding carboxylic acids is 5. The van der Waals surface area contributed by atoms with Crippen LogP contribution in [0.15, 0.2) is 0 Å². The average molecular weight is 506 g/mol. The molecule has 4 amide bonds. The van der Waals surface area contributed by atoms with Crippen LogP contribution < -0.4 is 11.1 Å². The predicted octanol–water partition coefficient (Wildman–Crippen LogP) is -0.688. The number of imide groups is 1. The number of likely N-dealkylation sites (tertiary alicyclic amines) is 1. The van der Waals surface area contributed by atoms with Crippen LogP contribution in [0.5, 0.6) is 0 Å². The number of esters is 1. The van der Waals surface area contributed by atoms with Gasteiger partial charge in [-0.25, -0.2) is 0 Å². The van der Waals surface area contributed by atoms with Crippen LogP contribution in [0.4, 0.5) is 0 Å². The molecule has 0 aromatic heterocycles. The van der Waals surface area contributed by atoms with E-state index in [0.717, 1.165) is 4.90 Å². The van der Waals surface area contributed by atoms with Gasteiger partial charge in [0, 0.05) is 51.6 Å². The average Bonchev–Trinajstić information content (AvgIpc) is 3.07. The molecule has 3 atom stereocenters. The Morgan fingerprint density at radius 2 is 2.00 bits per heavy atom. The molecular weight excluding hydrogens is 470 g/mol. The quantitative estimate of drug-likeness (QED) is 0.0936. The molecule has 194 valence electrons. The Morgan fingerprint density at radius 3 is 2.62 bits per heavy atom. The van der Waals surface area contributed by atoms with Crippen molar-refractivity contribution in [3.8, 4) is 0 Å². The third-order valence-corrected chi connectivity index (χ3v) is 6.17. The Balaban J connectivity index is 2.16. The number of carbonyl (C=O) groups is 5. The maximum Gasteiger partial charge on any atom is 0.305 e. The molecule has 1 fully saturated rings. The third kappa shape index (κ3) is 11.3. The zero-order chi connectivity index (χ0) is 25.5. The van der Waals surface area contributed by atoms with Crippen LogP contribution in [0.2, 0.25) is 0 Å². The van der Waals surface area contributed by atoms with E-state index in [9.17, 15) is 24.0 Å². The molecule has 1 heterocycles. The lowest BCUT2D eigenvalue weighted by Crippen LogP contribution is -2.34. The molecular formula is C21H35N3O9S. The number of aliphatic hydroxyl groups is 1. The molecule has 1 saturated heterocycles. The van der Waals surface area contributed by atoms with E-state index in [1.807, 2.05) is 6.92 Å². The molecule has 1 aliphatic heterocycles. The van der Waals surface area contributed by atoms with E-state index in [1.54, 1.807) is 0 Å². The zero-order valence-corrected chi connectivity index (χ0v) is 20.5. The zero-order valence-electron chi connectivity index (χ0n) is 19.7. The van der Waals surface area contributed by atoms with Gasteiger partial charge in [0.2, 0.25) is 23.6 Å². The summed E-state index contributed by atoms with van der Waals surface area (Å²) in [5.41, 5.74) is 5.05. The molecule has 0 spiro atoms. The van der Waals surface area contributed by atoms with Crippen molar-refractivity contribution in [1.82, 2.24) is 10.2 Å². The van der Waals surface area contributed by atoms with E-state index in [0.29, 0.717) is 25.1 Å². The summed E-state index contributed by atoms with van der Waals surface area (Å²) in [5.74, 6) is -1.55. The number of nitrogens with zero attached hydrogens (tertiary/aromatic N) is 1. The molecule has 0 bridgehead atoms. The molecule has 4 N–H and O–H groups in total. The van der Waals surface area contributed by atoms with Gasteiger partial charge in [-0.1, -0.05) is 6.92 Å². The summed E-state index contributed by atoms with van der Waals surface area (Å²) in [6.07, 6.45) is -0.117. The lowest BCUT2D eigenvalue weighted by Gasteiger charge is -2.21. The molecule has 1 rings (SSSR count). The number of thioether (sulfide) groups is 1. The molecule has 13 heteroatoms. The number of amides is 4. The number of nitrogens with two attached hydrogens (primary N) is 1. The first-order valence-electron chi connectivity index (χ1n) is 11.2. The fourth-order valence-electron chi connectivity index (χ4n) is 2.99. The van der Waals surface area contributed by atoms with E-state index >= 15 is 0 Å². The Hall–Kier alpha value is -2.22. The summed E-state index contributed by atoms with van der Waals surface area (Å²) >= 11 is 1.27. The number of nitrogens with one attached hydrogen (secondary N) is 1. The van der Waals surface area contributed by atoms with Gasteiger partial charge in [-0.05, 0) is 12.8 Å². The van der Waals surface area contributed by atoms with Crippen molar-refractivity contribution in [3.63, 3.8) is 0 Å². The minimum atomic E-state index is -0.779. The first-order chi connectivity index (χ1) is 16.2. The SMILES string of the molecule is CCC(CO)OC(COC(=O)CCCC(=O)NCCSC1CC(=O)N(CCC(N)=O)C1=O)OC. The van der Waals surface area contributed by atoms with Gasteiger partial charge in [-0.3, -0.25) is 28.9 Å². The Kier molecular flexibility index (Phi) is 14.4. The van der Waals surface area contributed by atoms with Crippen LogP contribution >= 0.6 is 11.8 Å². The molecule has 0 aliphatic carbocycles. The smallest absolute Gasteiger partial charge is 0.305 e. The lowest BCUT2D eigenvalue weighted by molar-refractivity contribution is -0.194. The van der Waals surface area contributed by atoms with Gasteiger partial charge in [-0.2, -0.15) is 0 Å². The highest BCUT2D eigenvalue weighted by Crippen LogP contribution is 2.24. The van der Waals surface area contributed by atoms with Crippen molar-refractivity contribution in [2.75, 3.05) is 39.2 Å². The van der Waals surface area contributed by atoms with Crippen molar-refractivity contribution < 1.29 is 43.3 Å². The van der Waals surface area contributed by atoms with Gasteiger partial charge < -0.3 is 30.4 Å². The summed E-state index contributed by atoms with van der Waals surface area (Å²) in [5, 5.41) is 11.3. The summed E-state index contributed by atoms with van der Waals surface area (Å²) in [4.78, 5) is 59.8. The minimum Gasteiger partial charge on any atom is -0.460 e. The summed E-state index contributed by atoms with van der Waals surface area (Å²) in [6, 6.07) is 0. The maximum absolute atomic E-state index is 12.2. The van der Waals surface area contributed by atoms with Crippen molar-refractivity contribution in [2.45, 2.75) is 63.1 Å².